The summed E-state index contributed by atoms with van der Waals surface area (Å²) >= 11 is 5.22. The number of hydrogen-bond acceptors (Lipinski definition) is 3. The zero-order chi connectivity index (χ0) is 13.9. The Labute approximate surface area is 120 Å². The van der Waals surface area contributed by atoms with Gasteiger partial charge in [-0.15, -0.1) is 0 Å². The molecule has 0 saturated heterocycles. The normalized spacial score (nSPS) is 14.8. The van der Waals surface area contributed by atoms with Crippen molar-refractivity contribution in [1.29, 1.82) is 0 Å². The molecule has 1 aromatic heterocycles. The predicted octanol–water partition coefficient (Wildman–Crippen LogP) is 3.31. The van der Waals surface area contributed by atoms with E-state index in [-0.39, 0.29) is 5.24 Å². The minimum atomic E-state index is -0.174. The number of nitrogens with zero attached hydrogens (tertiary/aromatic N) is 1. The molecule has 3 nitrogen and oxygen atoms in total. The van der Waals surface area contributed by atoms with Gasteiger partial charge in [0.2, 0.25) is 5.24 Å². The molecule has 1 aliphatic carbocycles. The monoisotopic (exact) mass is 282 g/mol. The van der Waals surface area contributed by atoms with Crippen LogP contribution in [-0.2, 0) is 11.2 Å². The number of pyridine rings is 1. The van der Waals surface area contributed by atoms with Crippen LogP contribution < -0.4 is 5.73 Å². The second-order valence-electron chi connectivity index (χ2n) is 4.90. The third-order valence-corrected chi connectivity index (χ3v) is 3.54. The maximum atomic E-state index is 10.4. The first-order chi connectivity index (χ1) is 9.22. The lowest BCUT2D eigenvalue weighted by Gasteiger charge is -2.04. The fourth-order valence-corrected chi connectivity index (χ4v) is 2.42. The molecule has 1 saturated carbocycles. The molecule has 106 valence electrons. The molecule has 1 heterocycles. The van der Waals surface area contributed by atoms with E-state index in [2.05, 4.69) is 4.98 Å². The zero-order valence-electron chi connectivity index (χ0n) is 11.4. The van der Waals surface area contributed by atoms with Crippen molar-refractivity contribution in [2.24, 2.45) is 11.7 Å². The number of aromatic nitrogens is 1. The zero-order valence-corrected chi connectivity index (χ0v) is 12.1. The maximum absolute atomic E-state index is 10.4. The van der Waals surface area contributed by atoms with E-state index < -0.39 is 0 Å². The Kier molecular flexibility index (Phi) is 8.43. The lowest BCUT2D eigenvalue weighted by molar-refractivity contribution is -0.111. The van der Waals surface area contributed by atoms with Crippen LogP contribution in [0.1, 0.15) is 44.2 Å². The molecule has 1 aromatic rings. The highest BCUT2D eigenvalue weighted by Crippen LogP contribution is 2.28. The third kappa shape index (κ3) is 7.96. The molecule has 0 radical (unpaired) electrons. The Morgan fingerprint density at radius 1 is 1.37 bits per heavy atom. The Hall–Kier alpha value is -0.930. The molecule has 0 aliphatic heterocycles. The van der Waals surface area contributed by atoms with Crippen LogP contribution in [-0.4, -0.2) is 16.8 Å². The molecule has 1 aliphatic rings. The van der Waals surface area contributed by atoms with E-state index in [9.17, 15) is 4.79 Å². The fraction of sp³-hybridized carbons (Fsp3) is 0.600. The van der Waals surface area contributed by atoms with Crippen molar-refractivity contribution >= 4 is 16.8 Å². The molecule has 0 amide bonds. The number of nitrogens with two attached hydrogens (primary N) is 1. The van der Waals surface area contributed by atoms with Gasteiger partial charge in [-0.25, -0.2) is 0 Å². The van der Waals surface area contributed by atoms with Gasteiger partial charge in [0.1, 0.15) is 0 Å². The third-order valence-electron chi connectivity index (χ3n) is 3.35. The highest BCUT2D eigenvalue weighted by Gasteiger charge is 2.15. The van der Waals surface area contributed by atoms with Gasteiger partial charge in [0.15, 0.2) is 0 Å². The highest BCUT2D eigenvalue weighted by molar-refractivity contribution is 6.63. The van der Waals surface area contributed by atoms with Crippen LogP contribution in [0.3, 0.4) is 0 Å². The SMILES string of the molecule is NCCc1ccccn1.O=C(Cl)CCC1CCCC1. The van der Waals surface area contributed by atoms with Gasteiger partial charge >= 0.3 is 0 Å². The summed E-state index contributed by atoms with van der Waals surface area (Å²) < 4.78 is 0. The van der Waals surface area contributed by atoms with Gasteiger partial charge in [-0.1, -0.05) is 31.7 Å². The molecular weight excluding hydrogens is 260 g/mol. The van der Waals surface area contributed by atoms with E-state index in [4.69, 9.17) is 17.3 Å². The Morgan fingerprint density at radius 3 is 2.63 bits per heavy atom. The molecule has 2 N–H and O–H groups in total. The first-order valence-corrected chi connectivity index (χ1v) is 7.38. The summed E-state index contributed by atoms with van der Waals surface area (Å²) in [5.41, 5.74) is 6.39. The number of rotatable bonds is 5. The van der Waals surface area contributed by atoms with Crippen LogP contribution in [0.25, 0.3) is 0 Å². The fourth-order valence-electron chi connectivity index (χ4n) is 2.31. The topological polar surface area (TPSA) is 56.0 Å². The lowest BCUT2D eigenvalue weighted by Crippen LogP contribution is -2.03. The molecule has 4 heteroatoms. The van der Waals surface area contributed by atoms with E-state index in [0.29, 0.717) is 13.0 Å². The molecule has 0 spiro atoms. The smallest absolute Gasteiger partial charge is 0.221 e. The molecule has 2 rings (SSSR count). The summed E-state index contributed by atoms with van der Waals surface area (Å²) in [6, 6.07) is 5.85. The second kappa shape index (κ2) is 9.93. The largest absolute Gasteiger partial charge is 0.330 e. The Balaban J connectivity index is 0.000000191. The predicted molar refractivity (Wildman–Crippen MR) is 79.0 cm³/mol. The second-order valence-corrected chi connectivity index (χ2v) is 5.33. The van der Waals surface area contributed by atoms with Gasteiger partial charge in [-0.2, -0.15) is 0 Å². The summed E-state index contributed by atoms with van der Waals surface area (Å²) in [7, 11) is 0. The standard InChI is InChI=1S/C8H13ClO.C7H10N2/c9-8(10)6-5-7-3-1-2-4-7;8-5-4-7-3-1-2-6-9-7/h7H,1-6H2;1-3,6H,4-5,8H2. The number of hydrogen-bond donors (Lipinski definition) is 1. The Morgan fingerprint density at radius 2 is 2.11 bits per heavy atom. The van der Waals surface area contributed by atoms with Gasteiger partial charge < -0.3 is 5.73 Å². The first-order valence-electron chi connectivity index (χ1n) is 7.00. The minimum absolute atomic E-state index is 0.174. The van der Waals surface area contributed by atoms with Crippen LogP contribution in [0.4, 0.5) is 0 Å². The number of carbonyl (C=O) groups is 1. The number of carbonyl (C=O) groups excluding carboxylic acids is 1. The van der Waals surface area contributed by atoms with Crippen LogP contribution in [0.15, 0.2) is 24.4 Å². The molecular formula is C15H23ClN2O. The summed E-state index contributed by atoms with van der Waals surface area (Å²) in [5, 5.41) is -0.174. The summed E-state index contributed by atoms with van der Waals surface area (Å²) in [6.07, 6.45) is 9.57. The van der Waals surface area contributed by atoms with Crippen LogP contribution in [0.5, 0.6) is 0 Å². The van der Waals surface area contributed by atoms with E-state index in [1.165, 1.54) is 25.7 Å². The summed E-state index contributed by atoms with van der Waals surface area (Å²) in [6.45, 7) is 0.678. The average molecular weight is 283 g/mol. The van der Waals surface area contributed by atoms with E-state index in [0.717, 1.165) is 24.5 Å². The van der Waals surface area contributed by atoms with Gasteiger partial charge in [0.05, 0.1) is 0 Å². The van der Waals surface area contributed by atoms with Gasteiger partial charge in [-0.3, -0.25) is 9.78 Å². The van der Waals surface area contributed by atoms with E-state index in [1.54, 1.807) is 6.20 Å². The van der Waals surface area contributed by atoms with Crippen LogP contribution in [0, 0.1) is 5.92 Å². The van der Waals surface area contributed by atoms with E-state index >= 15 is 0 Å². The van der Waals surface area contributed by atoms with Crippen LogP contribution in [0.2, 0.25) is 0 Å². The molecule has 0 aromatic carbocycles. The summed E-state index contributed by atoms with van der Waals surface area (Å²) in [5.74, 6) is 0.794. The van der Waals surface area contributed by atoms with Crippen LogP contribution >= 0.6 is 11.6 Å². The molecule has 1 fully saturated rings. The first kappa shape index (κ1) is 16.1. The van der Waals surface area contributed by atoms with Gasteiger partial charge in [0, 0.05) is 24.7 Å². The van der Waals surface area contributed by atoms with E-state index in [1.807, 2.05) is 18.2 Å². The Bertz CT molecular complexity index is 350. The van der Waals surface area contributed by atoms with Crippen molar-refractivity contribution in [3.8, 4) is 0 Å². The molecule has 0 unspecified atom stereocenters. The number of halogens is 1. The quantitative estimate of drug-likeness (QED) is 0.843. The average Bonchev–Trinajstić information content (AvgIpc) is 2.92. The van der Waals surface area contributed by atoms with Gasteiger partial charge in [-0.05, 0) is 42.6 Å². The van der Waals surface area contributed by atoms with Crippen molar-refractivity contribution in [3.63, 3.8) is 0 Å². The van der Waals surface area contributed by atoms with Crippen molar-refractivity contribution in [2.75, 3.05) is 6.54 Å². The minimum Gasteiger partial charge on any atom is -0.330 e. The van der Waals surface area contributed by atoms with Crippen molar-refractivity contribution in [2.45, 2.75) is 44.9 Å². The summed E-state index contributed by atoms with van der Waals surface area (Å²) in [4.78, 5) is 14.5. The lowest BCUT2D eigenvalue weighted by atomic mass is 10.0. The molecule has 0 bridgehead atoms. The van der Waals surface area contributed by atoms with Crippen molar-refractivity contribution in [1.82, 2.24) is 4.98 Å². The van der Waals surface area contributed by atoms with Crippen molar-refractivity contribution in [3.05, 3.63) is 30.1 Å². The molecule has 0 atom stereocenters. The van der Waals surface area contributed by atoms with Crippen molar-refractivity contribution < 1.29 is 4.79 Å². The molecule has 19 heavy (non-hydrogen) atoms. The maximum Gasteiger partial charge on any atom is 0.221 e. The van der Waals surface area contributed by atoms with Gasteiger partial charge in [0.25, 0.3) is 0 Å². The highest BCUT2D eigenvalue weighted by atomic mass is 35.5.